The van der Waals surface area contributed by atoms with Crippen molar-refractivity contribution in [3.05, 3.63) is 94.9 Å². The molecule has 1 N–H and O–H groups in total. The van der Waals surface area contributed by atoms with Gasteiger partial charge in [-0.2, -0.15) is 5.10 Å². The smallest absolute Gasteiger partial charge is 0.320 e. The summed E-state index contributed by atoms with van der Waals surface area (Å²) in [7, 11) is 1.99. The van der Waals surface area contributed by atoms with Crippen LogP contribution >= 0.6 is 0 Å². The van der Waals surface area contributed by atoms with Gasteiger partial charge in [-0.25, -0.2) is 14.8 Å². The minimum Gasteiger partial charge on any atom is -0.320 e. The van der Waals surface area contributed by atoms with E-state index in [4.69, 9.17) is 9.97 Å². The van der Waals surface area contributed by atoms with Crippen molar-refractivity contribution in [1.82, 2.24) is 24.9 Å². The van der Waals surface area contributed by atoms with Crippen LogP contribution in [-0.2, 0) is 19.4 Å². The van der Waals surface area contributed by atoms with Crippen LogP contribution in [0.2, 0.25) is 0 Å². The molecule has 8 nitrogen and oxygen atoms in total. The third kappa shape index (κ3) is 5.04. The lowest BCUT2D eigenvalue weighted by Crippen LogP contribution is -2.39. The van der Waals surface area contributed by atoms with Crippen molar-refractivity contribution in [3.8, 4) is 22.6 Å². The maximum absolute atomic E-state index is 13.6. The van der Waals surface area contributed by atoms with E-state index in [1.54, 1.807) is 12.4 Å². The summed E-state index contributed by atoms with van der Waals surface area (Å²) < 4.78 is 0. The molecule has 0 bridgehead atoms. The summed E-state index contributed by atoms with van der Waals surface area (Å²) in [6.45, 7) is 5.24. The predicted octanol–water partition coefficient (Wildman–Crippen LogP) is 6.03. The van der Waals surface area contributed by atoms with Gasteiger partial charge in [0.05, 0.1) is 24.0 Å². The second-order valence-corrected chi connectivity index (χ2v) is 10.4. The lowest BCUT2D eigenvalue weighted by Gasteiger charge is -2.30. The van der Waals surface area contributed by atoms with Gasteiger partial charge in [-0.3, -0.25) is 9.99 Å². The summed E-state index contributed by atoms with van der Waals surface area (Å²) in [5, 5.41) is 9.56. The number of amides is 2. The van der Waals surface area contributed by atoms with E-state index in [0.717, 1.165) is 57.7 Å². The van der Waals surface area contributed by atoms with Crippen LogP contribution in [0.3, 0.4) is 0 Å². The summed E-state index contributed by atoms with van der Waals surface area (Å²) in [6, 6.07) is 18.5. The van der Waals surface area contributed by atoms with Crippen LogP contribution in [0.4, 0.5) is 10.5 Å². The molecule has 2 aromatic heterocycles. The molecule has 1 unspecified atom stereocenters. The van der Waals surface area contributed by atoms with E-state index < -0.39 is 0 Å². The highest BCUT2D eigenvalue weighted by Gasteiger charge is 2.27. The highest BCUT2D eigenvalue weighted by Crippen LogP contribution is 2.33. The zero-order valence-corrected chi connectivity index (χ0v) is 23.1. The molecule has 0 fully saturated rings. The average Bonchev–Trinajstić information content (AvgIpc) is 3.42. The Labute approximate surface area is 234 Å². The maximum Gasteiger partial charge on any atom is 0.322 e. The Morgan fingerprint density at radius 1 is 1.10 bits per heavy atom. The molecule has 0 saturated heterocycles. The lowest BCUT2D eigenvalue weighted by molar-refractivity contribution is 0.206. The van der Waals surface area contributed by atoms with E-state index in [0.29, 0.717) is 25.3 Å². The number of anilines is 1. The molecule has 0 radical (unpaired) electrons. The van der Waals surface area contributed by atoms with Gasteiger partial charge in [0.2, 0.25) is 0 Å². The number of hydrazone groups is 1. The van der Waals surface area contributed by atoms with E-state index in [9.17, 15) is 4.79 Å². The van der Waals surface area contributed by atoms with Crippen molar-refractivity contribution in [2.45, 2.75) is 45.7 Å². The number of carbonyl (C=O) groups excluding carboxylic acids is 1. The van der Waals surface area contributed by atoms with Gasteiger partial charge in [-0.05, 0) is 54.3 Å². The Hall–Kier alpha value is -4.59. The van der Waals surface area contributed by atoms with Crippen LogP contribution in [0.5, 0.6) is 0 Å². The number of pyridine rings is 1. The molecule has 202 valence electrons. The molecule has 2 aromatic carbocycles. The van der Waals surface area contributed by atoms with Gasteiger partial charge in [-0.15, -0.1) is 0 Å². The highest BCUT2D eigenvalue weighted by molar-refractivity contribution is 5.90. The van der Waals surface area contributed by atoms with E-state index in [2.05, 4.69) is 59.6 Å². The van der Waals surface area contributed by atoms with Crippen LogP contribution in [0.15, 0.2) is 72.1 Å². The first-order valence-corrected chi connectivity index (χ1v) is 13.8. The fourth-order valence-electron chi connectivity index (χ4n) is 5.52. The maximum atomic E-state index is 13.6. The van der Waals surface area contributed by atoms with Crippen LogP contribution in [0.25, 0.3) is 22.6 Å². The lowest BCUT2D eigenvalue weighted by atomic mass is 9.96. The van der Waals surface area contributed by atoms with Crippen LogP contribution in [0, 0.1) is 6.92 Å². The molecule has 0 aliphatic carbocycles. The molecular formula is C32H33N7O. The van der Waals surface area contributed by atoms with E-state index in [1.165, 1.54) is 5.56 Å². The Morgan fingerprint density at radius 3 is 2.73 bits per heavy atom. The third-order valence-corrected chi connectivity index (χ3v) is 7.77. The monoisotopic (exact) mass is 531 g/mol. The number of aryl methyl sites for hydroxylation is 2. The first-order valence-electron chi connectivity index (χ1n) is 13.8. The number of nitrogens with zero attached hydrogens (tertiary/aromatic N) is 6. The number of aromatic nitrogens is 3. The minimum absolute atomic E-state index is 0.118. The number of rotatable bonds is 5. The molecule has 40 heavy (non-hydrogen) atoms. The topological polar surface area (TPSA) is 86.6 Å². The van der Waals surface area contributed by atoms with Crippen molar-refractivity contribution >= 4 is 17.9 Å². The minimum atomic E-state index is -0.118. The Bertz CT molecular complexity index is 1580. The number of carbonyl (C=O) groups is 1. The number of fused-ring (bicyclic) bond motifs is 1. The predicted molar refractivity (Wildman–Crippen MR) is 158 cm³/mol. The Kier molecular flexibility index (Phi) is 6.99. The van der Waals surface area contributed by atoms with Crippen LogP contribution < -0.4 is 5.32 Å². The van der Waals surface area contributed by atoms with Gasteiger partial charge in [0.25, 0.3) is 0 Å². The molecule has 2 aliphatic heterocycles. The first kappa shape index (κ1) is 25.7. The van der Waals surface area contributed by atoms with Crippen LogP contribution in [0.1, 0.15) is 47.3 Å². The molecule has 0 saturated carbocycles. The molecule has 0 spiro atoms. The SMILES string of the molecule is CCc1cc(NC(=O)N2CCc3nc(-c4cccnc4)nc(-c4ccccc4C)c3C2)cc(C2CC=NN2C)c1. The largest absolute Gasteiger partial charge is 0.322 e. The molecular weight excluding hydrogens is 498 g/mol. The summed E-state index contributed by atoms with van der Waals surface area (Å²) in [6.07, 6.45) is 7.90. The number of nitrogens with one attached hydrogen (secondary N) is 1. The Morgan fingerprint density at radius 2 is 1.98 bits per heavy atom. The zero-order valence-electron chi connectivity index (χ0n) is 23.1. The van der Waals surface area contributed by atoms with Crippen molar-refractivity contribution in [2.24, 2.45) is 5.10 Å². The van der Waals surface area contributed by atoms with Gasteiger partial charge in [0.15, 0.2) is 5.82 Å². The number of urea groups is 1. The van der Waals surface area contributed by atoms with Crippen LogP contribution in [-0.4, -0.2) is 50.7 Å². The second-order valence-electron chi connectivity index (χ2n) is 10.4. The highest BCUT2D eigenvalue weighted by atomic mass is 16.2. The summed E-state index contributed by atoms with van der Waals surface area (Å²) in [4.78, 5) is 29.7. The number of benzene rings is 2. The zero-order chi connectivity index (χ0) is 27.6. The third-order valence-electron chi connectivity index (χ3n) is 7.77. The molecule has 2 amide bonds. The molecule has 4 heterocycles. The molecule has 1 atom stereocenters. The van der Waals surface area contributed by atoms with Gasteiger partial charge in [0.1, 0.15) is 0 Å². The van der Waals surface area contributed by atoms with Crippen molar-refractivity contribution < 1.29 is 4.79 Å². The number of hydrogen-bond acceptors (Lipinski definition) is 6. The summed E-state index contributed by atoms with van der Waals surface area (Å²) in [5.74, 6) is 0.660. The standard InChI is InChI=1S/C32H33N7O/c1-4-22-16-24(29-11-14-34-38(29)3)18-25(17-22)35-32(40)39-15-12-28-27(20-39)30(26-10-6-5-8-21(26)2)37-31(36-28)23-9-7-13-33-19-23/h5-10,13-14,16-19,29H,4,11-12,15,20H2,1-3H3,(H,35,40). The fraction of sp³-hybridized carbons (Fsp3) is 0.281. The summed E-state index contributed by atoms with van der Waals surface area (Å²) in [5.41, 5.74) is 9.08. The Balaban J connectivity index is 1.31. The van der Waals surface area contributed by atoms with Crippen molar-refractivity contribution in [3.63, 3.8) is 0 Å². The van der Waals surface area contributed by atoms with E-state index in [-0.39, 0.29) is 12.1 Å². The average molecular weight is 532 g/mol. The van der Waals surface area contributed by atoms with Crippen molar-refractivity contribution in [2.75, 3.05) is 18.9 Å². The second kappa shape index (κ2) is 10.9. The summed E-state index contributed by atoms with van der Waals surface area (Å²) >= 11 is 0. The molecule has 6 rings (SSSR count). The first-order chi connectivity index (χ1) is 19.5. The quantitative estimate of drug-likeness (QED) is 0.340. The molecule has 8 heteroatoms. The molecule has 4 aromatic rings. The van der Waals surface area contributed by atoms with Gasteiger partial charge < -0.3 is 10.2 Å². The van der Waals surface area contributed by atoms with E-state index in [1.807, 2.05) is 47.4 Å². The van der Waals surface area contributed by atoms with Gasteiger partial charge in [0, 0.05) is 67.4 Å². The fourth-order valence-corrected chi connectivity index (χ4v) is 5.52. The van der Waals surface area contributed by atoms with Crippen molar-refractivity contribution in [1.29, 1.82) is 0 Å². The number of hydrogen-bond donors (Lipinski definition) is 1. The normalized spacial score (nSPS) is 16.2. The van der Waals surface area contributed by atoms with Gasteiger partial charge in [-0.1, -0.05) is 37.3 Å². The van der Waals surface area contributed by atoms with Gasteiger partial charge >= 0.3 is 6.03 Å². The van der Waals surface area contributed by atoms with E-state index >= 15 is 0 Å². The molecule has 2 aliphatic rings.